The van der Waals surface area contributed by atoms with E-state index >= 15 is 0 Å². The topological polar surface area (TPSA) is 50.9 Å². The first-order valence-corrected chi connectivity index (χ1v) is 4.40. The molecule has 0 aromatic carbocycles. The summed E-state index contributed by atoms with van der Waals surface area (Å²) in [6.07, 6.45) is 3.63. The van der Waals surface area contributed by atoms with Crippen LogP contribution in [0, 0.1) is 0 Å². The minimum Gasteiger partial charge on any atom is -1.00 e. The van der Waals surface area contributed by atoms with Gasteiger partial charge in [-0.3, -0.25) is 5.32 Å². The third kappa shape index (κ3) is 3.93. The molecule has 3 nitrogen and oxygen atoms in total. The molecule has 0 saturated heterocycles. The monoisotopic (exact) mass is 295 g/mol. The predicted octanol–water partition coefficient (Wildman–Crippen LogP) is -2.74. The van der Waals surface area contributed by atoms with Gasteiger partial charge in [0.1, 0.15) is 5.82 Å². The molecule has 1 aromatic rings. The van der Waals surface area contributed by atoms with Crippen LogP contribution in [0.1, 0.15) is 0 Å². The zero-order valence-corrected chi connectivity index (χ0v) is 9.59. The highest BCUT2D eigenvalue weighted by Crippen LogP contribution is 1.97. The Morgan fingerprint density at radius 3 is 2.83 bits per heavy atom. The van der Waals surface area contributed by atoms with E-state index in [4.69, 9.17) is 5.73 Å². The third-order valence-electron chi connectivity index (χ3n) is 1.14. The highest BCUT2D eigenvalue weighted by atomic mass is 127. The average Bonchev–Trinajstić information content (AvgIpc) is 2.06. The Morgan fingerprint density at radius 1 is 1.58 bits per heavy atom. The van der Waals surface area contributed by atoms with Gasteiger partial charge in [0.05, 0.1) is 0 Å². The number of nitrogens with zero attached hydrogens (tertiary/aromatic N) is 1. The molecule has 3 N–H and O–H groups in total. The first kappa shape index (κ1) is 11.7. The summed E-state index contributed by atoms with van der Waals surface area (Å²) in [7, 11) is 0. The van der Waals surface area contributed by atoms with Gasteiger partial charge in [0.2, 0.25) is 11.4 Å². The van der Waals surface area contributed by atoms with E-state index in [2.05, 4.69) is 10.3 Å². The van der Waals surface area contributed by atoms with E-state index < -0.39 is 0 Å². The summed E-state index contributed by atoms with van der Waals surface area (Å²) in [6, 6.07) is 5.63. The van der Waals surface area contributed by atoms with Crippen LogP contribution in [0.5, 0.6) is 0 Å². The molecule has 0 fully saturated rings. The van der Waals surface area contributed by atoms with Gasteiger partial charge in [0.15, 0.2) is 6.26 Å². The average molecular weight is 295 g/mol. The number of pyridine rings is 1. The Hall–Kier alpha value is -0.270. The van der Waals surface area contributed by atoms with Crippen molar-refractivity contribution in [3.63, 3.8) is 0 Å². The van der Waals surface area contributed by atoms with E-state index in [1.54, 1.807) is 6.20 Å². The minimum absolute atomic E-state index is 0. The first-order valence-electron chi connectivity index (χ1n) is 3.17. The Balaban J connectivity index is 0.00000121. The van der Waals surface area contributed by atoms with Crippen molar-refractivity contribution in [3.05, 3.63) is 24.4 Å². The van der Waals surface area contributed by atoms with Gasteiger partial charge in [-0.2, -0.15) is 0 Å². The van der Waals surface area contributed by atoms with Crippen LogP contribution < -0.4 is 35.0 Å². The molecule has 12 heavy (non-hydrogen) atoms. The summed E-state index contributed by atoms with van der Waals surface area (Å²) in [5, 5.41) is 3.59. The lowest BCUT2D eigenvalue weighted by Gasteiger charge is -1.95. The third-order valence-corrected chi connectivity index (χ3v) is 1.68. The van der Waals surface area contributed by atoms with E-state index in [1.165, 1.54) is 11.4 Å². The quantitative estimate of drug-likeness (QED) is 0.336. The van der Waals surface area contributed by atoms with Crippen molar-refractivity contribution in [2.75, 3.05) is 11.6 Å². The van der Waals surface area contributed by atoms with Crippen molar-refractivity contribution in [1.82, 2.24) is 4.98 Å². The van der Waals surface area contributed by atoms with Crippen LogP contribution in [-0.4, -0.2) is 16.4 Å². The maximum Gasteiger partial charge on any atom is 0.344 e. The Bertz CT molecular complexity index is 250. The Labute approximate surface area is 92.7 Å². The lowest BCUT2D eigenvalue weighted by Crippen LogP contribution is -3.00. The SMILES string of the molecule is C/[S+]=C(\N)Nc1ccccn1.[I-]. The largest absolute Gasteiger partial charge is 1.00 e. The molecule has 1 rings (SSSR count). The van der Waals surface area contributed by atoms with Crippen LogP contribution in [-0.2, 0) is 11.4 Å². The first-order chi connectivity index (χ1) is 5.33. The molecule has 1 heterocycles. The van der Waals surface area contributed by atoms with Crippen LogP contribution in [0.3, 0.4) is 0 Å². The summed E-state index contributed by atoms with van der Waals surface area (Å²) in [6.45, 7) is 0. The number of rotatable bonds is 1. The number of anilines is 1. The van der Waals surface area contributed by atoms with Crippen molar-refractivity contribution < 1.29 is 24.0 Å². The Kier molecular flexibility index (Phi) is 6.13. The summed E-state index contributed by atoms with van der Waals surface area (Å²) in [5.41, 5.74) is 5.53. The van der Waals surface area contributed by atoms with Gasteiger partial charge in [0.25, 0.3) is 0 Å². The van der Waals surface area contributed by atoms with Crippen LogP contribution in [0.15, 0.2) is 24.4 Å². The minimum atomic E-state index is 0. The molecule has 0 saturated carbocycles. The molecule has 0 amide bonds. The van der Waals surface area contributed by atoms with Crippen molar-refractivity contribution in [2.45, 2.75) is 0 Å². The second-order valence-electron chi connectivity index (χ2n) is 1.91. The fourth-order valence-electron chi connectivity index (χ4n) is 0.614. The summed E-state index contributed by atoms with van der Waals surface area (Å²) >= 11 is 1.46. The molecule has 0 bridgehead atoms. The molecular formula is C7H10IN3S. The number of nitrogens with two attached hydrogens (primary N) is 1. The number of halogens is 1. The Morgan fingerprint density at radius 2 is 2.33 bits per heavy atom. The van der Waals surface area contributed by atoms with Gasteiger partial charge in [-0.25, -0.2) is 10.7 Å². The molecule has 0 radical (unpaired) electrons. The molecule has 66 valence electrons. The van der Waals surface area contributed by atoms with Gasteiger partial charge >= 0.3 is 5.11 Å². The summed E-state index contributed by atoms with van der Waals surface area (Å²) in [5.74, 6) is 0.777. The highest BCUT2D eigenvalue weighted by molar-refractivity contribution is 7.78. The van der Waals surface area contributed by atoms with Crippen LogP contribution in [0.2, 0.25) is 0 Å². The maximum atomic E-state index is 5.53. The van der Waals surface area contributed by atoms with E-state index in [1.807, 2.05) is 24.5 Å². The molecule has 0 atom stereocenters. The highest BCUT2D eigenvalue weighted by Gasteiger charge is 1.99. The van der Waals surface area contributed by atoms with Gasteiger partial charge in [0, 0.05) is 6.20 Å². The van der Waals surface area contributed by atoms with E-state index in [-0.39, 0.29) is 24.0 Å². The van der Waals surface area contributed by atoms with Crippen LogP contribution >= 0.6 is 0 Å². The number of hydrogen-bond acceptors (Lipinski definition) is 1. The molecule has 0 aliphatic carbocycles. The lowest BCUT2D eigenvalue weighted by atomic mass is 10.5. The molecule has 0 spiro atoms. The predicted molar refractivity (Wildman–Crippen MR) is 50.3 cm³/mol. The molecule has 5 heteroatoms. The van der Waals surface area contributed by atoms with Crippen molar-refractivity contribution in [1.29, 1.82) is 0 Å². The smallest absolute Gasteiger partial charge is 0.344 e. The zero-order valence-electron chi connectivity index (χ0n) is 6.62. The number of aromatic nitrogens is 1. The van der Waals surface area contributed by atoms with E-state index in [0.29, 0.717) is 5.11 Å². The standard InChI is InChI=1S/C7H10N3S.HI/c1-11-7(8)10-6-4-2-3-5-9-6;/h2-5H,8H2,1H3,(H,9,10);1H/q+1;/p-1. The van der Waals surface area contributed by atoms with Gasteiger partial charge in [-0.15, -0.1) is 0 Å². The number of nitrogens with one attached hydrogen (secondary N) is 1. The maximum absolute atomic E-state index is 5.53. The van der Waals surface area contributed by atoms with Gasteiger partial charge in [-0.1, -0.05) is 6.07 Å². The summed E-state index contributed by atoms with van der Waals surface area (Å²) < 4.78 is 0. The number of hydrogen-bond donors (Lipinski definition) is 2. The van der Waals surface area contributed by atoms with Gasteiger partial charge < -0.3 is 24.0 Å². The van der Waals surface area contributed by atoms with Crippen molar-refractivity contribution in [3.8, 4) is 0 Å². The lowest BCUT2D eigenvalue weighted by molar-refractivity contribution is -0.00000241. The van der Waals surface area contributed by atoms with Crippen LogP contribution in [0.25, 0.3) is 0 Å². The van der Waals surface area contributed by atoms with Gasteiger partial charge in [-0.05, 0) is 12.1 Å². The molecule has 1 aromatic heterocycles. The fourth-order valence-corrected chi connectivity index (χ4v) is 0.821. The van der Waals surface area contributed by atoms with E-state index in [0.717, 1.165) is 5.82 Å². The molecular weight excluding hydrogens is 285 g/mol. The molecule has 0 aliphatic rings. The summed E-state index contributed by atoms with van der Waals surface area (Å²) in [4.78, 5) is 4.04. The zero-order chi connectivity index (χ0) is 8.10. The second-order valence-corrected chi connectivity index (χ2v) is 2.76. The van der Waals surface area contributed by atoms with Crippen LogP contribution in [0.4, 0.5) is 5.82 Å². The van der Waals surface area contributed by atoms with E-state index in [9.17, 15) is 0 Å². The molecule has 0 unspecified atom stereocenters. The fraction of sp³-hybridized carbons (Fsp3) is 0.143. The second kappa shape index (κ2) is 6.27. The normalized spacial score (nSPS) is 10.3. The molecule has 0 aliphatic heterocycles. The van der Waals surface area contributed by atoms with Crippen molar-refractivity contribution >= 4 is 22.3 Å². The van der Waals surface area contributed by atoms with Crippen molar-refractivity contribution in [2.24, 2.45) is 5.73 Å².